The molecular formula is C28H28F3N3O7. The zero-order chi connectivity index (χ0) is 29.7. The first-order chi connectivity index (χ1) is 19.7. The van der Waals surface area contributed by atoms with Crippen molar-refractivity contribution in [2.75, 3.05) is 38.9 Å². The molecule has 0 radical (unpaired) electrons. The van der Waals surface area contributed by atoms with Gasteiger partial charge in [0.2, 0.25) is 5.91 Å². The molecule has 2 amide bonds. The molecule has 41 heavy (non-hydrogen) atoms. The minimum atomic E-state index is -3.04. The van der Waals surface area contributed by atoms with Gasteiger partial charge in [0.05, 0.1) is 26.4 Å². The van der Waals surface area contributed by atoms with Gasteiger partial charge >= 0.3 is 6.61 Å². The number of carbonyl (C=O) groups excluding carboxylic acids is 2. The number of halogens is 3. The van der Waals surface area contributed by atoms with E-state index in [1.165, 1.54) is 78.4 Å². The number of anilines is 1. The van der Waals surface area contributed by atoms with Gasteiger partial charge in [0.1, 0.15) is 29.0 Å². The molecule has 1 saturated heterocycles. The number of aliphatic hydroxyl groups is 1. The Balaban J connectivity index is 1.70. The maximum Gasteiger partial charge on any atom is 0.387 e. The van der Waals surface area contributed by atoms with Crippen molar-refractivity contribution in [1.29, 1.82) is 0 Å². The molecule has 2 N–H and O–H groups in total. The summed E-state index contributed by atoms with van der Waals surface area (Å²) in [5.41, 5.74) is -0.473. The molecule has 2 heterocycles. The average molecular weight is 576 g/mol. The molecule has 2 aromatic carbocycles. The lowest BCUT2D eigenvalue weighted by atomic mass is 9.93. The predicted molar refractivity (Wildman–Crippen MR) is 141 cm³/mol. The average Bonchev–Trinajstić information content (AvgIpc) is 3.27. The van der Waals surface area contributed by atoms with E-state index in [0.717, 1.165) is 6.07 Å². The second-order valence-corrected chi connectivity index (χ2v) is 9.19. The van der Waals surface area contributed by atoms with Crippen LogP contribution in [-0.2, 0) is 9.53 Å². The Morgan fingerprint density at radius 3 is 2.41 bits per heavy atom. The number of benzene rings is 2. The molecule has 1 aromatic heterocycles. The minimum absolute atomic E-state index is 0.0313. The number of carbonyl (C=O) groups is 2. The van der Waals surface area contributed by atoms with E-state index in [1.807, 2.05) is 0 Å². The predicted octanol–water partition coefficient (Wildman–Crippen LogP) is 2.71. The number of aliphatic hydroxyl groups excluding tert-OH is 1. The van der Waals surface area contributed by atoms with E-state index in [9.17, 15) is 28.3 Å². The lowest BCUT2D eigenvalue weighted by Gasteiger charge is -2.21. The van der Waals surface area contributed by atoms with Crippen molar-refractivity contribution in [2.45, 2.75) is 24.6 Å². The van der Waals surface area contributed by atoms with Gasteiger partial charge in [-0.2, -0.15) is 8.78 Å². The Morgan fingerprint density at radius 1 is 1.10 bits per heavy atom. The quantitative estimate of drug-likeness (QED) is 0.361. The number of aromatic nitrogens is 1. The van der Waals surface area contributed by atoms with E-state index in [2.05, 4.69) is 10.1 Å². The molecule has 218 valence electrons. The number of nitrogens with zero attached hydrogens (tertiary/aromatic N) is 2. The highest BCUT2D eigenvalue weighted by Crippen LogP contribution is 2.34. The Kier molecular flexibility index (Phi) is 9.30. The van der Waals surface area contributed by atoms with Crippen molar-refractivity contribution < 1.29 is 42.1 Å². The number of hydrogen-bond acceptors (Lipinski definition) is 7. The Morgan fingerprint density at radius 2 is 1.80 bits per heavy atom. The standard InChI is InChI=1S/C28H28F3N3O7/c1-39-15-17(14-35)33-11-3-4-23(26(33)37)34-13-21(20-10-9-19(40-2)12-22(20)29)24(27(34)38)32-25(36)16-5-7-18(8-6-16)41-28(30)31/h3-12,17,21,24,28,35H,13-15H2,1-2H3,(H,32,36)/t17?,21-,24-/m0/s1. The molecule has 1 aliphatic rings. The fourth-order valence-electron chi connectivity index (χ4n) is 4.74. The number of pyridine rings is 1. The maximum atomic E-state index is 15.2. The summed E-state index contributed by atoms with van der Waals surface area (Å²) in [4.78, 5) is 41.4. The van der Waals surface area contributed by atoms with E-state index in [1.54, 1.807) is 0 Å². The fourth-order valence-corrected chi connectivity index (χ4v) is 4.74. The largest absolute Gasteiger partial charge is 0.497 e. The van der Waals surface area contributed by atoms with Gasteiger partial charge < -0.3 is 34.1 Å². The van der Waals surface area contributed by atoms with E-state index >= 15 is 4.39 Å². The van der Waals surface area contributed by atoms with Crippen molar-refractivity contribution in [3.05, 3.63) is 88.1 Å². The normalized spacial score (nSPS) is 17.5. The molecule has 13 heteroatoms. The van der Waals surface area contributed by atoms with Gasteiger partial charge in [-0.25, -0.2) is 4.39 Å². The lowest BCUT2D eigenvalue weighted by Crippen LogP contribution is -2.44. The molecule has 1 fully saturated rings. The van der Waals surface area contributed by atoms with E-state index in [4.69, 9.17) is 9.47 Å². The minimum Gasteiger partial charge on any atom is -0.497 e. The summed E-state index contributed by atoms with van der Waals surface area (Å²) >= 11 is 0. The smallest absolute Gasteiger partial charge is 0.387 e. The molecule has 10 nitrogen and oxygen atoms in total. The first-order valence-electron chi connectivity index (χ1n) is 12.5. The third-order valence-electron chi connectivity index (χ3n) is 6.76. The van der Waals surface area contributed by atoms with Gasteiger partial charge in [0.25, 0.3) is 11.5 Å². The first kappa shape index (κ1) is 29.6. The van der Waals surface area contributed by atoms with Crippen LogP contribution in [-0.4, -0.2) is 68.1 Å². The van der Waals surface area contributed by atoms with E-state index < -0.39 is 54.4 Å². The number of hydrogen-bond donors (Lipinski definition) is 2. The highest BCUT2D eigenvalue weighted by molar-refractivity contribution is 6.05. The summed E-state index contributed by atoms with van der Waals surface area (Å²) in [5.74, 6) is -2.90. The molecule has 4 rings (SSSR count). The number of alkyl halides is 2. The van der Waals surface area contributed by atoms with E-state index in [0.29, 0.717) is 0 Å². The van der Waals surface area contributed by atoms with Crippen molar-refractivity contribution in [3.8, 4) is 11.5 Å². The summed E-state index contributed by atoms with van der Waals surface area (Å²) in [6, 6.07) is 9.88. The van der Waals surface area contributed by atoms with Crippen LogP contribution >= 0.6 is 0 Å². The van der Waals surface area contributed by atoms with Crippen LogP contribution in [0.2, 0.25) is 0 Å². The van der Waals surface area contributed by atoms with Crippen LogP contribution in [0.15, 0.2) is 65.6 Å². The second-order valence-electron chi connectivity index (χ2n) is 9.19. The van der Waals surface area contributed by atoms with Crippen LogP contribution < -0.4 is 25.2 Å². The van der Waals surface area contributed by atoms with Crippen LogP contribution in [0.25, 0.3) is 0 Å². The SMILES string of the molecule is COCC(CO)n1cccc(N2C[C@@H](c3ccc(OC)cc3F)[C@H](NC(=O)c3ccc(OC(F)F)cc3)C2=O)c1=O. The Labute approximate surface area is 232 Å². The topological polar surface area (TPSA) is 119 Å². The van der Waals surface area contributed by atoms with Crippen molar-refractivity contribution in [1.82, 2.24) is 9.88 Å². The molecule has 0 aliphatic carbocycles. The van der Waals surface area contributed by atoms with Crippen LogP contribution in [0.3, 0.4) is 0 Å². The molecule has 0 saturated carbocycles. The first-order valence-corrected chi connectivity index (χ1v) is 12.5. The van der Waals surface area contributed by atoms with Crippen LogP contribution in [0.4, 0.5) is 18.9 Å². The summed E-state index contributed by atoms with van der Waals surface area (Å²) in [6.45, 7) is -3.55. The number of rotatable bonds is 11. The molecule has 3 atom stereocenters. The molecule has 0 bridgehead atoms. The third kappa shape index (κ3) is 6.36. The van der Waals surface area contributed by atoms with E-state index in [-0.39, 0.29) is 41.5 Å². The number of nitrogens with one attached hydrogen (secondary N) is 1. The Bertz CT molecular complexity index is 1450. The highest BCUT2D eigenvalue weighted by atomic mass is 19.3. The van der Waals surface area contributed by atoms with Gasteiger partial charge in [0, 0.05) is 37.4 Å². The van der Waals surface area contributed by atoms with Crippen molar-refractivity contribution in [3.63, 3.8) is 0 Å². The van der Waals surface area contributed by atoms with Crippen molar-refractivity contribution in [2.24, 2.45) is 0 Å². The lowest BCUT2D eigenvalue weighted by molar-refractivity contribution is -0.118. The summed E-state index contributed by atoms with van der Waals surface area (Å²) in [7, 11) is 2.79. The number of amides is 2. The molecule has 1 aliphatic heterocycles. The fraction of sp³-hybridized carbons (Fsp3) is 0.321. The monoisotopic (exact) mass is 575 g/mol. The molecule has 3 aromatic rings. The van der Waals surface area contributed by atoms with Crippen LogP contribution in [0.1, 0.15) is 27.9 Å². The number of methoxy groups -OCH3 is 2. The van der Waals surface area contributed by atoms with Gasteiger partial charge in [-0.05, 0) is 48.0 Å². The number of ether oxygens (including phenoxy) is 3. The molecule has 0 spiro atoms. The molecule has 1 unspecified atom stereocenters. The highest BCUT2D eigenvalue weighted by Gasteiger charge is 2.44. The van der Waals surface area contributed by atoms with Crippen LogP contribution in [0, 0.1) is 5.82 Å². The third-order valence-corrected chi connectivity index (χ3v) is 6.76. The summed E-state index contributed by atoms with van der Waals surface area (Å²) in [6.07, 6.45) is 1.45. The zero-order valence-corrected chi connectivity index (χ0v) is 22.1. The van der Waals surface area contributed by atoms with Gasteiger partial charge in [-0.15, -0.1) is 0 Å². The second kappa shape index (κ2) is 12.9. The maximum absolute atomic E-state index is 15.2. The van der Waals surface area contributed by atoms with Crippen molar-refractivity contribution >= 4 is 17.5 Å². The summed E-state index contributed by atoms with van der Waals surface area (Å²) in [5, 5.41) is 12.4. The Hall–Kier alpha value is -4.36. The van der Waals surface area contributed by atoms with Gasteiger partial charge in [-0.1, -0.05) is 6.07 Å². The zero-order valence-electron chi connectivity index (χ0n) is 22.1. The van der Waals surface area contributed by atoms with Gasteiger partial charge in [0.15, 0.2) is 0 Å². The van der Waals surface area contributed by atoms with Crippen LogP contribution in [0.5, 0.6) is 11.5 Å². The molecular weight excluding hydrogens is 547 g/mol. The summed E-state index contributed by atoms with van der Waals surface area (Å²) < 4.78 is 55.9. The van der Waals surface area contributed by atoms with Gasteiger partial charge in [-0.3, -0.25) is 14.4 Å².